The topological polar surface area (TPSA) is 85.6 Å². The number of carbonyl (C=O) groups excluding carboxylic acids is 1. The van der Waals surface area contributed by atoms with Gasteiger partial charge in [-0.15, -0.1) is 0 Å². The number of carbonyl (C=O) groups is 1. The normalized spacial score (nSPS) is 26.0. The molecule has 2 aliphatic heterocycles. The number of hydrogen-bond donors (Lipinski definition) is 0. The summed E-state index contributed by atoms with van der Waals surface area (Å²) in [5.74, 6) is -0.914. The molecule has 0 radical (unpaired) electrons. The van der Waals surface area contributed by atoms with Crippen LogP contribution in [0.2, 0.25) is 0 Å². The van der Waals surface area contributed by atoms with Gasteiger partial charge in [0.25, 0.3) is 5.91 Å². The van der Waals surface area contributed by atoms with Crippen LogP contribution in [0.15, 0.2) is 36.7 Å². The molecule has 2 fully saturated rings. The van der Waals surface area contributed by atoms with Crippen molar-refractivity contribution in [1.82, 2.24) is 19.8 Å². The molecule has 3 atom stereocenters. The summed E-state index contributed by atoms with van der Waals surface area (Å²) in [6.45, 7) is 5.97. The molecular weight excluding hydrogens is 495 g/mol. The van der Waals surface area contributed by atoms with Crippen LogP contribution in [0.5, 0.6) is 6.01 Å². The first-order chi connectivity index (χ1) is 18.9. The van der Waals surface area contributed by atoms with Crippen molar-refractivity contribution in [2.75, 3.05) is 44.7 Å². The summed E-state index contributed by atoms with van der Waals surface area (Å²) in [5.41, 5.74) is 4.97. The van der Waals surface area contributed by atoms with E-state index in [9.17, 15) is 14.4 Å². The number of hydrogen-bond acceptors (Lipinski definition) is 7. The number of nitrogens with zero attached hydrogens (tertiary/aromatic N) is 6. The second kappa shape index (κ2) is 10.2. The van der Waals surface area contributed by atoms with E-state index in [0.717, 1.165) is 62.1 Å². The van der Waals surface area contributed by atoms with Gasteiger partial charge < -0.3 is 19.4 Å². The third-order valence-corrected chi connectivity index (χ3v) is 9.21. The van der Waals surface area contributed by atoms with Gasteiger partial charge in [-0.25, -0.2) is 4.39 Å². The monoisotopic (exact) mass is 530 g/mol. The Kier molecular flexibility index (Phi) is 6.76. The predicted octanol–water partition coefficient (Wildman–Crippen LogP) is 3.35. The summed E-state index contributed by atoms with van der Waals surface area (Å²) in [5, 5.41) is 9.47. The Balaban J connectivity index is 1.33. The maximum Gasteiger partial charge on any atom is 0.318 e. The Labute approximate surface area is 229 Å². The smallest absolute Gasteiger partial charge is 0.318 e. The van der Waals surface area contributed by atoms with E-state index < -0.39 is 17.8 Å². The Morgan fingerprint density at radius 1 is 1.23 bits per heavy atom. The Morgan fingerprint density at radius 3 is 2.85 bits per heavy atom. The average Bonchev–Trinajstić information content (AvgIpc) is 3.63. The molecule has 39 heavy (non-hydrogen) atoms. The SMILES string of the molecule is C=C(F)C(=O)N1CCN(c2nc(OCC3CCCN3C)nc3c2CC2(CCc4ccccc42)C3)CC1CC#N. The number of rotatable bonds is 6. The number of amides is 1. The molecule has 1 aromatic heterocycles. The lowest BCUT2D eigenvalue weighted by atomic mass is 9.79. The first kappa shape index (κ1) is 25.8. The van der Waals surface area contributed by atoms with E-state index in [0.29, 0.717) is 38.3 Å². The molecule has 2 aliphatic carbocycles. The van der Waals surface area contributed by atoms with Crippen molar-refractivity contribution in [2.45, 2.75) is 62.4 Å². The predicted molar refractivity (Wildman–Crippen MR) is 145 cm³/mol. The molecule has 6 rings (SSSR count). The molecule has 0 saturated carbocycles. The first-order valence-corrected chi connectivity index (χ1v) is 14.0. The van der Waals surface area contributed by atoms with Crippen LogP contribution in [0.3, 0.4) is 0 Å². The summed E-state index contributed by atoms with van der Waals surface area (Å²) in [6.07, 6.45) is 6.19. The third kappa shape index (κ3) is 4.65. The minimum absolute atomic E-state index is 0.00244. The number of ether oxygens (including phenoxy) is 1. The number of aryl methyl sites for hydroxylation is 1. The van der Waals surface area contributed by atoms with E-state index in [4.69, 9.17) is 14.7 Å². The Bertz CT molecular complexity index is 1340. The quantitative estimate of drug-likeness (QED) is 0.530. The van der Waals surface area contributed by atoms with Gasteiger partial charge in [-0.05, 0) is 56.8 Å². The minimum Gasteiger partial charge on any atom is -0.462 e. The Morgan fingerprint density at radius 2 is 2.08 bits per heavy atom. The van der Waals surface area contributed by atoms with Crippen molar-refractivity contribution in [2.24, 2.45) is 0 Å². The summed E-state index contributed by atoms with van der Waals surface area (Å²) in [4.78, 5) is 28.3. The number of fused-ring (bicyclic) bond motifs is 3. The van der Waals surface area contributed by atoms with Crippen molar-refractivity contribution in [3.05, 3.63) is 59.1 Å². The summed E-state index contributed by atoms with van der Waals surface area (Å²) in [7, 11) is 2.12. The highest BCUT2D eigenvalue weighted by molar-refractivity contribution is 5.91. The number of aromatic nitrogens is 2. The fourth-order valence-corrected chi connectivity index (χ4v) is 7.11. The van der Waals surface area contributed by atoms with E-state index in [-0.39, 0.29) is 11.8 Å². The molecule has 2 saturated heterocycles. The van der Waals surface area contributed by atoms with Crippen molar-refractivity contribution < 1.29 is 13.9 Å². The molecule has 204 valence electrons. The molecule has 0 N–H and O–H groups in total. The van der Waals surface area contributed by atoms with E-state index in [1.165, 1.54) is 16.0 Å². The molecule has 1 spiro atoms. The molecule has 8 nitrogen and oxygen atoms in total. The first-order valence-electron chi connectivity index (χ1n) is 14.0. The van der Waals surface area contributed by atoms with E-state index in [1.54, 1.807) is 0 Å². The van der Waals surface area contributed by atoms with Crippen molar-refractivity contribution in [3.8, 4) is 12.1 Å². The molecule has 4 aliphatic rings. The molecule has 2 aromatic rings. The number of nitriles is 1. The summed E-state index contributed by atoms with van der Waals surface area (Å²) in [6, 6.07) is 11.2. The molecule has 9 heteroatoms. The standard InChI is InChI=1S/C30H35FN6O2/c1-20(31)28(38)37-15-14-36(18-22(37)10-12-32)27-24-16-30(11-9-21-6-3-4-8-25(21)30)17-26(24)33-29(34-27)39-19-23-7-5-13-35(23)2/h3-4,6,8,22-23H,1,5,7,9-11,13-19H2,2H3. The molecule has 3 unspecified atom stereocenters. The lowest BCUT2D eigenvalue weighted by Gasteiger charge is -2.41. The van der Waals surface area contributed by atoms with Crippen LogP contribution in [0, 0.1) is 11.3 Å². The molecule has 3 heterocycles. The van der Waals surface area contributed by atoms with E-state index >= 15 is 0 Å². The lowest BCUT2D eigenvalue weighted by Crippen LogP contribution is -2.55. The number of anilines is 1. The number of benzene rings is 1. The van der Waals surface area contributed by atoms with Gasteiger partial charge in [0.1, 0.15) is 12.4 Å². The van der Waals surface area contributed by atoms with Gasteiger partial charge in [-0.2, -0.15) is 15.2 Å². The van der Waals surface area contributed by atoms with Gasteiger partial charge in [0.05, 0.1) is 24.2 Å². The zero-order chi connectivity index (χ0) is 27.1. The van der Waals surface area contributed by atoms with E-state index in [1.807, 2.05) is 0 Å². The van der Waals surface area contributed by atoms with Crippen LogP contribution >= 0.6 is 0 Å². The van der Waals surface area contributed by atoms with Gasteiger partial charge in [0.2, 0.25) is 0 Å². The number of likely N-dealkylation sites (N-methyl/N-ethyl adjacent to an activating group) is 1. The fraction of sp³-hybridized carbons (Fsp3) is 0.533. The molecule has 0 bridgehead atoms. The number of likely N-dealkylation sites (tertiary alicyclic amines) is 1. The van der Waals surface area contributed by atoms with Gasteiger partial charge in [0, 0.05) is 43.1 Å². The second-order valence-electron chi connectivity index (χ2n) is 11.5. The lowest BCUT2D eigenvalue weighted by molar-refractivity contribution is -0.131. The van der Waals surface area contributed by atoms with Crippen molar-refractivity contribution in [3.63, 3.8) is 0 Å². The maximum atomic E-state index is 13.8. The van der Waals surface area contributed by atoms with Crippen LogP contribution < -0.4 is 9.64 Å². The number of halogens is 1. The fourth-order valence-electron chi connectivity index (χ4n) is 7.11. The largest absolute Gasteiger partial charge is 0.462 e. The van der Waals surface area contributed by atoms with E-state index in [2.05, 4.69) is 53.8 Å². The zero-order valence-electron chi connectivity index (χ0n) is 22.5. The average molecular weight is 531 g/mol. The maximum absolute atomic E-state index is 13.8. The highest BCUT2D eigenvalue weighted by Crippen LogP contribution is 2.50. The number of piperazine rings is 1. The minimum atomic E-state index is -0.997. The van der Waals surface area contributed by atoms with Gasteiger partial charge >= 0.3 is 6.01 Å². The molecular formula is C30H35FN6O2. The second-order valence-corrected chi connectivity index (χ2v) is 11.5. The third-order valence-electron chi connectivity index (χ3n) is 9.21. The molecule has 1 aromatic carbocycles. The van der Waals surface area contributed by atoms with Crippen molar-refractivity contribution >= 4 is 11.7 Å². The highest BCUT2D eigenvalue weighted by atomic mass is 19.1. The van der Waals surface area contributed by atoms with Crippen LogP contribution in [-0.2, 0) is 29.5 Å². The highest BCUT2D eigenvalue weighted by Gasteiger charge is 2.46. The summed E-state index contributed by atoms with van der Waals surface area (Å²) >= 11 is 0. The van der Waals surface area contributed by atoms with Gasteiger partial charge in [0.15, 0.2) is 5.83 Å². The van der Waals surface area contributed by atoms with Crippen molar-refractivity contribution in [1.29, 1.82) is 5.26 Å². The van der Waals surface area contributed by atoms with Gasteiger partial charge in [-0.3, -0.25) is 4.79 Å². The Hall–Kier alpha value is -3.51. The van der Waals surface area contributed by atoms with Crippen LogP contribution in [0.1, 0.15) is 48.1 Å². The zero-order valence-corrected chi connectivity index (χ0v) is 22.5. The van der Waals surface area contributed by atoms with Crippen LogP contribution in [-0.4, -0.2) is 77.6 Å². The van der Waals surface area contributed by atoms with Crippen LogP contribution in [0.25, 0.3) is 0 Å². The summed E-state index contributed by atoms with van der Waals surface area (Å²) < 4.78 is 20.0. The van der Waals surface area contributed by atoms with Gasteiger partial charge in [-0.1, -0.05) is 30.8 Å². The molecule has 1 amide bonds. The van der Waals surface area contributed by atoms with Crippen LogP contribution in [0.4, 0.5) is 10.2 Å².